The van der Waals surface area contributed by atoms with Gasteiger partial charge in [0.25, 0.3) is 0 Å². The van der Waals surface area contributed by atoms with E-state index in [1.807, 2.05) is 24.3 Å². The Kier molecular flexibility index (Phi) is 22.2. The first-order valence-corrected chi connectivity index (χ1v) is 37.6. The number of anilines is 3. The molecular formula is C92H99ClF5N6+3. The minimum atomic E-state index is -4.50. The zero-order valence-electron chi connectivity index (χ0n) is 62.3. The number of hydrogen-bond donors (Lipinski definition) is 0. The summed E-state index contributed by atoms with van der Waals surface area (Å²) in [4.78, 5) is 6.94. The van der Waals surface area contributed by atoms with Crippen LogP contribution < -0.4 is 14.7 Å². The Morgan fingerprint density at radius 2 is 0.817 bits per heavy atom. The summed E-state index contributed by atoms with van der Waals surface area (Å²) in [7, 11) is 6.03. The van der Waals surface area contributed by atoms with Crippen LogP contribution >= 0.6 is 11.6 Å². The first-order valence-electron chi connectivity index (χ1n) is 37.2. The molecule has 104 heavy (non-hydrogen) atoms. The maximum absolute atomic E-state index is 15.7. The van der Waals surface area contributed by atoms with E-state index in [0.717, 1.165) is 63.9 Å². The maximum Gasteiger partial charge on any atom is 0.323 e. The molecule has 0 radical (unpaired) electrons. The van der Waals surface area contributed by atoms with Crippen LogP contribution in [0.5, 0.6) is 0 Å². The molecule has 0 bridgehead atoms. The van der Waals surface area contributed by atoms with Gasteiger partial charge in [0, 0.05) is 115 Å². The third-order valence-corrected chi connectivity index (χ3v) is 23.6. The molecule has 3 aliphatic heterocycles. The van der Waals surface area contributed by atoms with E-state index in [2.05, 4.69) is 263 Å². The monoisotopic (exact) mass is 1420 g/mol. The van der Waals surface area contributed by atoms with Gasteiger partial charge in [-0.25, -0.2) is 0 Å². The number of hydrogen-bond acceptors (Lipinski definition) is 3. The van der Waals surface area contributed by atoms with Crippen molar-refractivity contribution in [3.05, 3.63) is 270 Å². The average molecular weight is 1420 g/mol. The number of halogens is 6. The van der Waals surface area contributed by atoms with E-state index in [-0.39, 0.29) is 33.4 Å². The normalized spacial score (nSPS) is 21.2. The van der Waals surface area contributed by atoms with E-state index >= 15 is 8.78 Å². The summed E-state index contributed by atoms with van der Waals surface area (Å²) in [5, 5.41) is 6.55. The van der Waals surface area contributed by atoms with Crippen molar-refractivity contribution >= 4 is 113 Å². The number of allylic oxidation sites excluding steroid dienone is 8. The predicted molar refractivity (Wildman–Crippen MR) is 432 cm³/mol. The standard InChI is InChI=1S/C32H37N2.C31H34ClN2.C29H28F5N2/c1-5-34(6-2)27-20-16-24(17-21-27)18-23-30-32(3,26-13-8-7-9-14-26)31-28-15-11-10-12-25(28)19-22-29(31)33(30)4;1-5-34(6-2)24-18-14-22(15-19-24)16-21-29-31(3,26-12-9-13-27(26)32)30-25-11-8-7-10-23(25)17-20-28(30)33(29)4;1-5-36(6-2)21-15-11-19(12-16-21)13-18-24-28(3,29(33,34)26(30)27(31)32)25-22-10-8-7-9-20(22)14-17-23(25)35(24)4/h8,10-13,15-23,26H,5-7,9,14H2,1-4H3;7-12,14-21,26-27H,5-6,13H2,1-4H3;7-18H,5-6H2,1-4H3/q3*+1. The van der Waals surface area contributed by atoms with E-state index in [4.69, 9.17) is 11.6 Å². The fraction of sp³-hybridized carbons (Fsp3) is 0.315. The Bertz CT molecular complexity index is 4950. The molecule has 536 valence electrons. The van der Waals surface area contributed by atoms with Gasteiger partial charge < -0.3 is 14.7 Å². The number of benzene rings is 9. The summed E-state index contributed by atoms with van der Waals surface area (Å²) < 4.78 is 78.8. The summed E-state index contributed by atoms with van der Waals surface area (Å²) in [6.07, 6.45) is 23.5. The zero-order valence-corrected chi connectivity index (χ0v) is 63.1. The van der Waals surface area contributed by atoms with Crippen LogP contribution in [0.3, 0.4) is 0 Å². The topological polar surface area (TPSA) is 18.8 Å². The molecule has 0 spiro atoms. The smallest absolute Gasteiger partial charge is 0.323 e. The van der Waals surface area contributed by atoms with Crippen molar-refractivity contribution in [1.82, 2.24) is 0 Å². The number of fused-ring (bicyclic) bond motifs is 9. The van der Waals surface area contributed by atoms with E-state index < -0.39 is 23.2 Å². The zero-order chi connectivity index (χ0) is 73.8. The SMILES string of the molecule is CCN(CC)c1ccc(/C=C/C2=[N+](C)c3ccc4ccccc4c3C2(C)C(F)(F)C(F)=C(F)F)cc1.CCN(CC)c1ccc(/C=C/C2=[N+](C)c3ccc4ccccc4c3C2(C)C2C=CCC2Cl)cc1.CCN(CC)c1ccc(/C=C/C2=[N+](C)c3ccc4ccccc4c3C2(C)C2C=CCCC2)cc1. The summed E-state index contributed by atoms with van der Waals surface area (Å²) in [6, 6.07) is 62.6. The van der Waals surface area contributed by atoms with Gasteiger partial charge in [0.2, 0.25) is 22.9 Å². The largest absolute Gasteiger partial charge is 0.372 e. The van der Waals surface area contributed by atoms with E-state index in [1.54, 1.807) is 49.5 Å². The summed E-state index contributed by atoms with van der Waals surface area (Å²) in [5.74, 6) is -6.47. The second kappa shape index (κ2) is 31.1. The van der Waals surface area contributed by atoms with Gasteiger partial charge >= 0.3 is 12.0 Å². The molecule has 9 aromatic rings. The Labute approximate surface area is 617 Å². The summed E-state index contributed by atoms with van der Waals surface area (Å²) in [5.41, 5.74) is 12.9. The van der Waals surface area contributed by atoms with Gasteiger partial charge in [0.05, 0.1) is 16.4 Å². The molecule has 0 aromatic heterocycles. The number of rotatable bonds is 19. The minimum absolute atomic E-state index is 0.0167. The fourth-order valence-corrected chi connectivity index (χ4v) is 17.8. The van der Waals surface area contributed by atoms with Gasteiger partial charge in [-0.15, -0.1) is 11.6 Å². The van der Waals surface area contributed by atoms with Gasteiger partial charge in [-0.3, -0.25) is 0 Å². The lowest BCUT2D eigenvalue weighted by Gasteiger charge is -2.33. The van der Waals surface area contributed by atoms with Crippen LogP contribution in [0.4, 0.5) is 56.1 Å². The third kappa shape index (κ3) is 13.4. The number of alkyl halides is 3. The van der Waals surface area contributed by atoms with Crippen LogP contribution in [0.25, 0.3) is 50.5 Å². The first-order chi connectivity index (χ1) is 50.1. The third-order valence-electron chi connectivity index (χ3n) is 23.2. The van der Waals surface area contributed by atoms with E-state index in [1.165, 1.54) is 108 Å². The average Bonchev–Trinajstić information content (AvgIpc) is 1.31. The second-order valence-corrected chi connectivity index (χ2v) is 29.1. The maximum atomic E-state index is 15.7. The molecule has 12 heteroatoms. The Hall–Kier alpha value is -9.45. The molecule has 3 heterocycles. The highest BCUT2D eigenvalue weighted by Crippen LogP contribution is 2.57. The van der Waals surface area contributed by atoms with Crippen molar-refractivity contribution in [2.75, 3.05) is 75.1 Å². The lowest BCUT2D eigenvalue weighted by Crippen LogP contribution is -2.48. The van der Waals surface area contributed by atoms with Crippen LogP contribution in [0, 0.1) is 11.8 Å². The molecule has 6 unspecified atom stereocenters. The Morgan fingerprint density at radius 3 is 1.19 bits per heavy atom. The van der Waals surface area contributed by atoms with Gasteiger partial charge in [0.1, 0.15) is 21.1 Å². The van der Waals surface area contributed by atoms with Crippen molar-refractivity contribution in [2.45, 2.75) is 116 Å². The first kappa shape index (κ1) is 74.3. The molecule has 6 atom stereocenters. The Balaban J connectivity index is 0.000000147. The molecule has 5 aliphatic rings. The van der Waals surface area contributed by atoms with Gasteiger partial charge in [0.15, 0.2) is 22.6 Å². The lowest BCUT2D eigenvalue weighted by molar-refractivity contribution is -0.402. The minimum Gasteiger partial charge on any atom is -0.372 e. The summed E-state index contributed by atoms with van der Waals surface area (Å²) >= 11 is 6.95. The molecular weight excluding hydrogens is 1320 g/mol. The molecule has 6 nitrogen and oxygen atoms in total. The molecule has 9 aromatic carbocycles. The molecule has 14 rings (SSSR count). The molecule has 0 saturated heterocycles. The van der Waals surface area contributed by atoms with E-state index in [0.29, 0.717) is 22.4 Å². The molecule has 0 saturated carbocycles. The number of nitrogens with zero attached hydrogens (tertiary/aromatic N) is 6. The van der Waals surface area contributed by atoms with Crippen LogP contribution in [0.2, 0.25) is 0 Å². The van der Waals surface area contributed by atoms with Crippen molar-refractivity contribution in [2.24, 2.45) is 11.8 Å². The quantitative estimate of drug-likeness (QED) is 0.0348. The predicted octanol–water partition coefficient (Wildman–Crippen LogP) is 23.4. The van der Waals surface area contributed by atoms with Crippen LogP contribution in [-0.2, 0) is 16.2 Å². The second-order valence-electron chi connectivity index (χ2n) is 28.5. The van der Waals surface area contributed by atoms with Gasteiger partial charge in [-0.2, -0.15) is 35.7 Å². The summed E-state index contributed by atoms with van der Waals surface area (Å²) in [6.45, 7) is 24.7. The van der Waals surface area contributed by atoms with Gasteiger partial charge in [-0.05, 0) is 216 Å². The van der Waals surface area contributed by atoms with Crippen molar-refractivity contribution in [3.8, 4) is 0 Å². The fourth-order valence-electron chi connectivity index (χ4n) is 17.4. The van der Waals surface area contributed by atoms with Gasteiger partial charge in [-0.1, -0.05) is 133 Å². The van der Waals surface area contributed by atoms with Crippen LogP contribution in [0.15, 0.2) is 236 Å². The highest BCUT2D eigenvalue weighted by molar-refractivity contribution is 6.22. The van der Waals surface area contributed by atoms with E-state index in [9.17, 15) is 13.2 Å². The molecule has 0 amide bonds. The lowest BCUT2D eigenvalue weighted by atomic mass is 9.65. The van der Waals surface area contributed by atoms with Crippen LogP contribution in [-0.4, -0.2) is 103 Å². The van der Waals surface area contributed by atoms with Crippen LogP contribution in [0.1, 0.15) is 121 Å². The Morgan fingerprint density at radius 1 is 0.452 bits per heavy atom. The van der Waals surface area contributed by atoms with Crippen molar-refractivity contribution in [3.63, 3.8) is 0 Å². The highest BCUT2D eigenvalue weighted by Gasteiger charge is 2.67. The molecule has 0 N–H and O–H groups in total. The molecule has 0 fully saturated rings. The highest BCUT2D eigenvalue weighted by atomic mass is 35.5. The van der Waals surface area contributed by atoms with Crippen molar-refractivity contribution < 1.29 is 35.7 Å². The van der Waals surface area contributed by atoms with Crippen molar-refractivity contribution in [1.29, 1.82) is 0 Å². The molecule has 2 aliphatic carbocycles.